The van der Waals surface area contributed by atoms with Crippen LogP contribution in [0.1, 0.15) is 20.8 Å². The molecule has 1 aromatic carbocycles. The Labute approximate surface area is 142 Å². The molecule has 2 rings (SSSR count). The first kappa shape index (κ1) is 17.8. The molecule has 24 heavy (non-hydrogen) atoms. The Balaban J connectivity index is 2.76. The molecule has 130 valence electrons. The molecule has 6 heteroatoms. The van der Waals surface area contributed by atoms with E-state index in [0.29, 0.717) is 17.0 Å². The minimum Gasteiger partial charge on any atom is -0.493 e. The van der Waals surface area contributed by atoms with Gasteiger partial charge in [-0.15, -0.1) is 0 Å². The van der Waals surface area contributed by atoms with Crippen LogP contribution in [0.5, 0.6) is 11.5 Å². The smallest absolute Gasteiger partial charge is 0.329 e. The van der Waals surface area contributed by atoms with Crippen molar-refractivity contribution in [2.75, 3.05) is 14.2 Å². The van der Waals surface area contributed by atoms with Gasteiger partial charge in [0, 0.05) is 25.7 Å². The first-order valence-electron chi connectivity index (χ1n) is 7.73. The van der Waals surface area contributed by atoms with Gasteiger partial charge in [-0.05, 0) is 39.0 Å². The summed E-state index contributed by atoms with van der Waals surface area (Å²) in [5.74, 6) is 1.26. The molecule has 0 fully saturated rings. The van der Waals surface area contributed by atoms with E-state index in [4.69, 9.17) is 9.47 Å². The van der Waals surface area contributed by atoms with Crippen LogP contribution in [-0.2, 0) is 14.1 Å². The summed E-state index contributed by atoms with van der Waals surface area (Å²) < 4.78 is 13.8. The number of hydrogen-bond donors (Lipinski definition) is 0. The molecule has 0 aliphatic rings. The lowest BCUT2D eigenvalue weighted by Gasteiger charge is -2.16. The summed E-state index contributed by atoms with van der Waals surface area (Å²) >= 11 is 0. The van der Waals surface area contributed by atoms with E-state index >= 15 is 0 Å². The normalized spacial score (nSPS) is 12.4. The largest absolute Gasteiger partial charge is 0.493 e. The van der Waals surface area contributed by atoms with E-state index < -0.39 is 0 Å². The maximum atomic E-state index is 12.6. The highest BCUT2D eigenvalue weighted by atomic mass is 16.5. The molecule has 0 atom stereocenters. The van der Waals surface area contributed by atoms with Crippen LogP contribution in [0.15, 0.2) is 34.1 Å². The van der Waals surface area contributed by atoms with E-state index in [9.17, 15) is 4.79 Å². The summed E-state index contributed by atoms with van der Waals surface area (Å²) in [6, 6.07) is 7.49. The van der Waals surface area contributed by atoms with Crippen LogP contribution in [0, 0.1) is 0 Å². The fourth-order valence-electron chi connectivity index (χ4n) is 2.47. The highest BCUT2D eigenvalue weighted by molar-refractivity contribution is 5.64. The van der Waals surface area contributed by atoms with Crippen molar-refractivity contribution in [3.8, 4) is 22.8 Å². The molecule has 1 heterocycles. The Morgan fingerprint density at radius 3 is 2.12 bits per heavy atom. The molecule has 0 radical (unpaired) electrons. The zero-order chi connectivity index (χ0) is 18.1. The van der Waals surface area contributed by atoms with E-state index in [1.807, 2.05) is 45.0 Å². The molecule has 1 aromatic heterocycles. The monoisotopic (exact) mass is 331 g/mol. The van der Waals surface area contributed by atoms with Gasteiger partial charge in [0.2, 0.25) is 0 Å². The molecular formula is C18H25N3O3. The van der Waals surface area contributed by atoms with Crippen molar-refractivity contribution in [2.45, 2.75) is 26.3 Å². The molecule has 0 unspecified atom stereocenters. The van der Waals surface area contributed by atoms with Gasteiger partial charge in [-0.25, -0.2) is 4.79 Å². The Morgan fingerprint density at radius 2 is 1.58 bits per heavy atom. The third-order valence-corrected chi connectivity index (χ3v) is 3.67. The first-order valence-corrected chi connectivity index (χ1v) is 7.73. The van der Waals surface area contributed by atoms with Gasteiger partial charge in [0.15, 0.2) is 11.5 Å². The van der Waals surface area contributed by atoms with Gasteiger partial charge in [-0.2, -0.15) is 0 Å². The molecule has 0 spiro atoms. The Morgan fingerprint density at radius 1 is 0.958 bits per heavy atom. The molecule has 6 nitrogen and oxygen atoms in total. The molecule has 0 amide bonds. The van der Waals surface area contributed by atoms with Crippen LogP contribution < -0.4 is 20.7 Å². The Kier molecular flexibility index (Phi) is 4.87. The van der Waals surface area contributed by atoms with E-state index in [0.717, 1.165) is 11.3 Å². The standard InChI is InChI=1S/C18H25N3O3/c1-18(2,3)19-16-11-13(20(4)17(22)21(16)5)12-8-9-14(23-6)15(10-12)24-7/h8-11H,1-7H3/b19-16-. The molecule has 0 N–H and O–H groups in total. The van der Waals surface area contributed by atoms with E-state index in [1.165, 1.54) is 0 Å². The zero-order valence-electron chi connectivity index (χ0n) is 15.4. The van der Waals surface area contributed by atoms with Crippen LogP contribution >= 0.6 is 0 Å². The Hall–Kier alpha value is -2.50. The molecule has 0 saturated heterocycles. The van der Waals surface area contributed by atoms with Crippen LogP contribution in [0.3, 0.4) is 0 Å². The van der Waals surface area contributed by atoms with Gasteiger partial charge in [0.05, 0.1) is 25.5 Å². The van der Waals surface area contributed by atoms with Crippen molar-refractivity contribution in [2.24, 2.45) is 19.1 Å². The number of benzene rings is 1. The maximum absolute atomic E-state index is 12.6. The molecule has 0 saturated carbocycles. The van der Waals surface area contributed by atoms with Gasteiger partial charge < -0.3 is 9.47 Å². The number of ether oxygens (including phenoxy) is 2. The van der Waals surface area contributed by atoms with Crippen LogP contribution in [0.4, 0.5) is 0 Å². The second-order valence-electron chi connectivity index (χ2n) is 6.64. The maximum Gasteiger partial charge on any atom is 0.329 e. The average molecular weight is 331 g/mol. The third-order valence-electron chi connectivity index (χ3n) is 3.67. The number of aromatic nitrogens is 2. The topological polar surface area (TPSA) is 57.8 Å². The lowest BCUT2D eigenvalue weighted by Crippen LogP contribution is -2.39. The van der Waals surface area contributed by atoms with Gasteiger partial charge >= 0.3 is 5.69 Å². The lowest BCUT2D eigenvalue weighted by molar-refractivity contribution is 0.355. The fourth-order valence-corrected chi connectivity index (χ4v) is 2.47. The van der Waals surface area contributed by atoms with Crippen LogP contribution in [0.25, 0.3) is 11.3 Å². The number of hydrogen-bond acceptors (Lipinski definition) is 4. The Bertz CT molecular complexity index is 871. The molecule has 0 aliphatic heterocycles. The molecule has 2 aromatic rings. The van der Waals surface area contributed by atoms with Gasteiger partial charge in [-0.3, -0.25) is 14.1 Å². The van der Waals surface area contributed by atoms with Gasteiger partial charge in [0.25, 0.3) is 0 Å². The van der Waals surface area contributed by atoms with Crippen molar-refractivity contribution < 1.29 is 9.47 Å². The molecular weight excluding hydrogens is 306 g/mol. The molecule has 0 aliphatic carbocycles. The highest BCUT2D eigenvalue weighted by Crippen LogP contribution is 2.31. The minimum atomic E-state index is -0.279. The summed E-state index contributed by atoms with van der Waals surface area (Å²) in [7, 11) is 6.66. The number of rotatable bonds is 3. The molecule has 0 bridgehead atoms. The number of nitrogens with zero attached hydrogens (tertiary/aromatic N) is 3. The number of methoxy groups -OCH3 is 2. The minimum absolute atomic E-state index is 0.134. The van der Waals surface area contributed by atoms with Gasteiger partial charge in [-0.1, -0.05) is 0 Å². The average Bonchev–Trinajstić information content (AvgIpc) is 2.53. The van der Waals surface area contributed by atoms with Crippen molar-refractivity contribution in [3.05, 3.63) is 40.2 Å². The third kappa shape index (κ3) is 3.53. The summed E-state index contributed by atoms with van der Waals surface area (Å²) in [5.41, 5.74) is 1.85. The lowest BCUT2D eigenvalue weighted by atomic mass is 10.1. The van der Waals surface area contributed by atoms with E-state index in [2.05, 4.69) is 4.99 Å². The van der Waals surface area contributed by atoms with Crippen LogP contribution in [-0.4, -0.2) is 28.9 Å². The predicted octanol–water partition coefficient (Wildman–Crippen LogP) is 2.11. The van der Waals surface area contributed by atoms with Crippen molar-refractivity contribution in [1.29, 1.82) is 0 Å². The van der Waals surface area contributed by atoms with Gasteiger partial charge in [0.1, 0.15) is 5.49 Å². The SMILES string of the molecule is COc1ccc(-c2c/c(=N/C(C)(C)C)n(C)c(=O)n2C)cc1OC. The van der Waals surface area contributed by atoms with Crippen molar-refractivity contribution >= 4 is 0 Å². The summed E-state index contributed by atoms with van der Waals surface area (Å²) in [4.78, 5) is 17.2. The van der Waals surface area contributed by atoms with Crippen molar-refractivity contribution in [1.82, 2.24) is 9.13 Å². The highest BCUT2D eigenvalue weighted by Gasteiger charge is 2.13. The zero-order valence-corrected chi connectivity index (χ0v) is 15.4. The summed E-state index contributed by atoms with van der Waals surface area (Å²) in [6.45, 7) is 6.00. The summed E-state index contributed by atoms with van der Waals surface area (Å²) in [6.07, 6.45) is 0. The predicted molar refractivity (Wildman–Crippen MR) is 94.5 cm³/mol. The quantitative estimate of drug-likeness (QED) is 0.865. The van der Waals surface area contributed by atoms with Crippen molar-refractivity contribution in [3.63, 3.8) is 0 Å². The second kappa shape index (κ2) is 6.55. The fraction of sp³-hybridized carbons (Fsp3) is 0.444. The first-order chi connectivity index (χ1) is 11.2. The van der Waals surface area contributed by atoms with Crippen LogP contribution in [0.2, 0.25) is 0 Å². The summed E-state index contributed by atoms with van der Waals surface area (Å²) in [5, 5.41) is 0. The van der Waals surface area contributed by atoms with E-state index in [-0.39, 0.29) is 11.2 Å². The van der Waals surface area contributed by atoms with E-state index in [1.54, 1.807) is 37.4 Å². The second-order valence-corrected chi connectivity index (χ2v) is 6.64.